The van der Waals surface area contributed by atoms with Crippen molar-refractivity contribution < 1.29 is 14.3 Å². The maximum atomic E-state index is 12.1. The van der Waals surface area contributed by atoms with Crippen LogP contribution in [0.5, 0.6) is 0 Å². The molecule has 126 valence electrons. The van der Waals surface area contributed by atoms with Crippen molar-refractivity contribution in [1.29, 1.82) is 0 Å². The van der Waals surface area contributed by atoms with Gasteiger partial charge < -0.3 is 4.74 Å². The highest BCUT2D eigenvalue weighted by Gasteiger charge is 2.12. The molecular weight excluding hydrogens is 338 g/mol. The zero-order chi connectivity index (χ0) is 17.5. The number of ether oxygens (including phenoxy) is 1. The van der Waals surface area contributed by atoms with Crippen molar-refractivity contribution >= 4 is 23.3 Å². The molecule has 2 amide bonds. The van der Waals surface area contributed by atoms with Crippen LogP contribution in [0, 0.1) is 0 Å². The van der Waals surface area contributed by atoms with E-state index in [9.17, 15) is 9.59 Å². The number of thiophene rings is 1. The molecule has 0 aliphatic rings. The molecule has 7 heteroatoms. The van der Waals surface area contributed by atoms with Gasteiger partial charge in [-0.25, -0.2) is 10.2 Å². The lowest BCUT2D eigenvalue weighted by Crippen LogP contribution is -2.41. The predicted octanol–water partition coefficient (Wildman–Crippen LogP) is 3.38. The predicted molar refractivity (Wildman–Crippen MR) is 94.8 cm³/mol. The van der Waals surface area contributed by atoms with Crippen LogP contribution >= 0.6 is 11.3 Å². The third-order valence-corrected chi connectivity index (χ3v) is 4.34. The third-order valence-electron chi connectivity index (χ3n) is 3.24. The van der Waals surface area contributed by atoms with Crippen LogP contribution in [0.15, 0.2) is 66.9 Å². The van der Waals surface area contributed by atoms with E-state index in [4.69, 9.17) is 4.74 Å². The van der Waals surface area contributed by atoms with Crippen LogP contribution in [0.25, 0.3) is 10.6 Å². The van der Waals surface area contributed by atoms with Crippen LogP contribution in [-0.2, 0) is 11.3 Å². The first-order valence-electron chi connectivity index (χ1n) is 7.50. The molecule has 0 saturated carbocycles. The Kier molecular flexibility index (Phi) is 5.38. The summed E-state index contributed by atoms with van der Waals surface area (Å²) >= 11 is 1.29. The molecule has 0 aliphatic carbocycles. The molecule has 3 rings (SSSR count). The number of pyridine rings is 1. The highest BCUT2D eigenvalue weighted by atomic mass is 32.1. The van der Waals surface area contributed by atoms with E-state index in [1.54, 1.807) is 12.3 Å². The fraction of sp³-hybridized carbons (Fsp3) is 0.0556. The van der Waals surface area contributed by atoms with Crippen LogP contribution in [0.4, 0.5) is 4.79 Å². The van der Waals surface area contributed by atoms with Crippen LogP contribution in [-0.4, -0.2) is 17.0 Å². The summed E-state index contributed by atoms with van der Waals surface area (Å²) in [5, 5.41) is 0. The van der Waals surface area contributed by atoms with Crippen molar-refractivity contribution in [3.05, 3.63) is 77.3 Å². The minimum Gasteiger partial charge on any atom is -0.443 e. The van der Waals surface area contributed by atoms with Gasteiger partial charge in [-0.2, -0.15) is 0 Å². The minimum atomic E-state index is -0.723. The average Bonchev–Trinajstić information content (AvgIpc) is 3.16. The van der Waals surface area contributed by atoms with Crippen molar-refractivity contribution in [2.24, 2.45) is 0 Å². The van der Waals surface area contributed by atoms with E-state index < -0.39 is 12.0 Å². The summed E-state index contributed by atoms with van der Waals surface area (Å²) in [7, 11) is 0. The number of hydrogen-bond donors (Lipinski definition) is 2. The van der Waals surface area contributed by atoms with E-state index in [1.807, 2.05) is 54.6 Å². The van der Waals surface area contributed by atoms with Crippen molar-refractivity contribution in [2.45, 2.75) is 6.61 Å². The lowest BCUT2D eigenvalue weighted by atomic mass is 10.2. The van der Waals surface area contributed by atoms with Gasteiger partial charge in [-0.3, -0.25) is 15.2 Å². The van der Waals surface area contributed by atoms with Gasteiger partial charge in [-0.1, -0.05) is 36.4 Å². The smallest absolute Gasteiger partial charge is 0.426 e. The number of hydrogen-bond acceptors (Lipinski definition) is 5. The Balaban J connectivity index is 1.49. The van der Waals surface area contributed by atoms with Crippen LogP contribution in [0.3, 0.4) is 0 Å². The summed E-state index contributed by atoms with van der Waals surface area (Å²) in [6, 6.07) is 18.4. The summed E-state index contributed by atoms with van der Waals surface area (Å²) in [6.07, 6.45) is 0.970. The second kappa shape index (κ2) is 8.07. The largest absolute Gasteiger partial charge is 0.443 e. The fourth-order valence-electron chi connectivity index (χ4n) is 2.03. The molecule has 0 radical (unpaired) electrons. The van der Waals surface area contributed by atoms with E-state index in [-0.39, 0.29) is 6.61 Å². The fourth-order valence-corrected chi connectivity index (χ4v) is 2.91. The minimum absolute atomic E-state index is 0.130. The zero-order valence-electron chi connectivity index (χ0n) is 13.1. The van der Waals surface area contributed by atoms with Crippen LogP contribution in [0.2, 0.25) is 0 Å². The summed E-state index contributed by atoms with van der Waals surface area (Å²) in [6.45, 7) is 0.130. The maximum Gasteiger partial charge on any atom is 0.426 e. The van der Waals surface area contributed by atoms with Crippen LogP contribution in [0.1, 0.15) is 15.2 Å². The summed E-state index contributed by atoms with van der Waals surface area (Å²) < 4.78 is 5.02. The van der Waals surface area contributed by atoms with Gasteiger partial charge in [0.2, 0.25) is 0 Å². The highest BCUT2D eigenvalue weighted by molar-refractivity contribution is 7.17. The third kappa shape index (κ3) is 4.65. The van der Waals surface area contributed by atoms with Gasteiger partial charge in [0.15, 0.2) is 0 Å². The van der Waals surface area contributed by atoms with Gasteiger partial charge >= 0.3 is 6.09 Å². The normalized spacial score (nSPS) is 10.1. The van der Waals surface area contributed by atoms with E-state index >= 15 is 0 Å². The first kappa shape index (κ1) is 16.7. The van der Waals surface area contributed by atoms with E-state index in [2.05, 4.69) is 15.8 Å². The molecule has 6 nitrogen and oxygen atoms in total. The Morgan fingerprint density at radius 1 is 0.960 bits per heavy atom. The second-order valence-corrected chi connectivity index (χ2v) is 6.10. The van der Waals surface area contributed by atoms with Gasteiger partial charge in [-0.15, -0.1) is 11.3 Å². The molecular formula is C18H15N3O3S. The number of hydrazine groups is 1. The van der Waals surface area contributed by atoms with Gasteiger partial charge in [0.05, 0.1) is 15.4 Å². The van der Waals surface area contributed by atoms with Crippen LogP contribution < -0.4 is 10.9 Å². The van der Waals surface area contributed by atoms with Gasteiger partial charge in [0, 0.05) is 6.20 Å². The molecule has 3 aromatic rings. The molecule has 0 bridgehead atoms. The van der Waals surface area contributed by atoms with Crippen molar-refractivity contribution in [3.8, 4) is 10.6 Å². The SMILES string of the molecule is O=C(NNC(=O)c1ccc(-c2ccccn2)s1)OCc1ccccc1. The summed E-state index contributed by atoms with van der Waals surface area (Å²) in [5.41, 5.74) is 6.21. The average molecular weight is 353 g/mol. The number of amides is 2. The number of carbonyl (C=O) groups is 2. The molecule has 2 heterocycles. The molecule has 0 aliphatic heterocycles. The molecule has 2 aromatic heterocycles. The van der Waals surface area contributed by atoms with Crippen molar-refractivity contribution in [2.75, 3.05) is 0 Å². The molecule has 0 atom stereocenters. The Morgan fingerprint density at radius 3 is 2.52 bits per heavy atom. The number of benzene rings is 1. The Hall–Kier alpha value is -3.19. The number of nitrogens with zero attached hydrogens (tertiary/aromatic N) is 1. The summed E-state index contributed by atoms with van der Waals surface area (Å²) in [5.74, 6) is -0.413. The maximum absolute atomic E-state index is 12.1. The molecule has 0 unspecified atom stereocenters. The molecule has 0 saturated heterocycles. The Labute approximate surface area is 148 Å². The van der Waals surface area contributed by atoms with Gasteiger partial charge in [0.1, 0.15) is 6.61 Å². The van der Waals surface area contributed by atoms with E-state index in [0.717, 1.165) is 16.1 Å². The Morgan fingerprint density at radius 2 is 1.76 bits per heavy atom. The van der Waals surface area contributed by atoms with Crippen molar-refractivity contribution in [3.63, 3.8) is 0 Å². The number of carbonyl (C=O) groups excluding carboxylic acids is 2. The molecule has 2 N–H and O–H groups in total. The summed E-state index contributed by atoms with van der Waals surface area (Å²) in [4.78, 5) is 29.3. The standard InChI is InChI=1S/C18H15N3O3S/c22-17(16-10-9-15(25-16)14-8-4-5-11-19-14)20-21-18(23)24-12-13-6-2-1-3-7-13/h1-11H,12H2,(H,20,22)(H,21,23). The second-order valence-electron chi connectivity index (χ2n) is 5.02. The lowest BCUT2D eigenvalue weighted by molar-refractivity contribution is 0.0909. The quantitative estimate of drug-likeness (QED) is 0.705. The van der Waals surface area contributed by atoms with Gasteiger partial charge in [0.25, 0.3) is 5.91 Å². The molecule has 25 heavy (non-hydrogen) atoms. The highest BCUT2D eigenvalue weighted by Crippen LogP contribution is 2.26. The van der Waals surface area contributed by atoms with E-state index in [1.165, 1.54) is 11.3 Å². The van der Waals surface area contributed by atoms with Gasteiger partial charge in [-0.05, 0) is 29.8 Å². The first-order valence-corrected chi connectivity index (χ1v) is 8.32. The monoisotopic (exact) mass is 353 g/mol. The first-order chi connectivity index (χ1) is 12.2. The zero-order valence-corrected chi connectivity index (χ0v) is 14.0. The molecule has 1 aromatic carbocycles. The Bertz CT molecular complexity index is 850. The number of nitrogens with one attached hydrogen (secondary N) is 2. The van der Waals surface area contributed by atoms with E-state index in [0.29, 0.717) is 4.88 Å². The molecule has 0 fully saturated rings. The topological polar surface area (TPSA) is 80.3 Å². The number of aromatic nitrogens is 1. The van der Waals surface area contributed by atoms with Crippen molar-refractivity contribution in [1.82, 2.24) is 15.8 Å². The molecule has 0 spiro atoms. The lowest BCUT2D eigenvalue weighted by Gasteiger charge is -2.07. The number of rotatable bonds is 4.